The van der Waals surface area contributed by atoms with Gasteiger partial charge >= 0.3 is 0 Å². The van der Waals surface area contributed by atoms with Crippen LogP contribution in [0.3, 0.4) is 0 Å². The lowest BCUT2D eigenvalue weighted by atomic mass is 10.2. The third-order valence-corrected chi connectivity index (χ3v) is 4.77. The summed E-state index contributed by atoms with van der Waals surface area (Å²) in [7, 11) is 0. The van der Waals surface area contributed by atoms with Crippen molar-refractivity contribution in [3.8, 4) is 0 Å². The molecule has 0 aliphatic carbocycles. The molecule has 3 rings (SSSR count). The molecule has 0 N–H and O–H groups in total. The summed E-state index contributed by atoms with van der Waals surface area (Å²) >= 11 is 7.34. The minimum atomic E-state index is -0.508. The van der Waals surface area contributed by atoms with Crippen LogP contribution in [0.4, 0.5) is 4.39 Å². The van der Waals surface area contributed by atoms with Gasteiger partial charge in [-0.05, 0) is 29.8 Å². The van der Waals surface area contributed by atoms with Crippen LogP contribution in [-0.2, 0) is 5.75 Å². The van der Waals surface area contributed by atoms with E-state index in [1.54, 1.807) is 17.0 Å². The molecule has 0 fully saturated rings. The van der Waals surface area contributed by atoms with Crippen molar-refractivity contribution in [2.24, 2.45) is 4.99 Å². The molecular formula is C17H14ClFN2OS. The normalized spacial score (nSPS) is 14.0. The van der Waals surface area contributed by atoms with Gasteiger partial charge in [0.25, 0.3) is 5.91 Å². The van der Waals surface area contributed by atoms with Crippen molar-refractivity contribution in [2.45, 2.75) is 5.75 Å². The molecule has 1 heterocycles. The molecule has 0 bridgehead atoms. The van der Waals surface area contributed by atoms with Crippen molar-refractivity contribution in [2.75, 3.05) is 13.1 Å². The molecule has 2 aromatic rings. The predicted molar refractivity (Wildman–Crippen MR) is 92.5 cm³/mol. The van der Waals surface area contributed by atoms with Crippen LogP contribution in [0.5, 0.6) is 0 Å². The lowest BCUT2D eigenvalue weighted by Crippen LogP contribution is -2.33. The van der Waals surface area contributed by atoms with E-state index in [1.807, 2.05) is 24.3 Å². The van der Waals surface area contributed by atoms with Gasteiger partial charge in [0.05, 0.1) is 12.1 Å². The first-order valence-corrected chi connectivity index (χ1v) is 8.49. The van der Waals surface area contributed by atoms with Crippen LogP contribution < -0.4 is 0 Å². The number of amides is 1. The Labute approximate surface area is 143 Å². The zero-order chi connectivity index (χ0) is 16.2. The maximum Gasteiger partial charge on any atom is 0.262 e. The molecule has 118 valence electrons. The lowest BCUT2D eigenvalue weighted by Gasteiger charge is -2.18. The molecule has 1 aliphatic heterocycles. The van der Waals surface area contributed by atoms with Crippen LogP contribution in [0.25, 0.3) is 0 Å². The molecule has 0 unspecified atom stereocenters. The summed E-state index contributed by atoms with van der Waals surface area (Å²) in [5, 5.41) is 1.32. The monoisotopic (exact) mass is 348 g/mol. The van der Waals surface area contributed by atoms with Gasteiger partial charge in [-0.2, -0.15) is 0 Å². The molecule has 0 radical (unpaired) electrons. The fraction of sp³-hybridized carbons (Fsp3) is 0.176. The second-order valence-electron chi connectivity index (χ2n) is 5.02. The number of halogens is 2. The van der Waals surface area contributed by atoms with Gasteiger partial charge in [-0.1, -0.05) is 47.6 Å². The SMILES string of the molecule is O=C(c1ccccc1F)N1CCN=C1SCc1ccc(Cl)cc1. The molecule has 23 heavy (non-hydrogen) atoms. The fourth-order valence-electron chi connectivity index (χ4n) is 2.25. The van der Waals surface area contributed by atoms with E-state index in [9.17, 15) is 9.18 Å². The average Bonchev–Trinajstić information content (AvgIpc) is 3.03. The van der Waals surface area contributed by atoms with E-state index in [1.165, 1.54) is 23.9 Å². The van der Waals surface area contributed by atoms with E-state index in [0.717, 1.165) is 5.56 Å². The summed E-state index contributed by atoms with van der Waals surface area (Å²) in [6, 6.07) is 13.6. The van der Waals surface area contributed by atoms with Crippen LogP contribution in [0.2, 0.25) is 5.02 Å². The second-order valence-corrected chi connectivity index (χ2v) is 6.40. The molecule has 0 saturated carbocycles. The number of hydrogen-bond acceptors (Lipinski definition) is 3. The summed E-state index contributed by atoms with van der Waals surface area (Å²) in [4.78, 5) is 18.4. The van der Waals surface area contributed by atoms with Crippen molar-refractivity contribution in [1.82, 2.24) is 4.90 Å². The van der Waals surface area contributed by atoms with Gasteiger partial charge in [-0.3, -0.25) is 14.7 Å². The predicted octanol–water partition coefficient (Wildman–Crippen LogP) is 4.22. The highest BCUT2D eigenvalue weighted by Crippen LogP contribution is 2.23. The van der Waals surface area contributed by atoms with Gasteiger partial charge in [0.15, 0.2) is 5.17 Å². The number of benzene rings is 2. The van der Waals surface area contributed by atoms with Crippen molar-refractivity contribution in [3.63, 3.8) is 0 Å². The van der Waals surface area contributed by atoms with Crippen molar-refractivity contribution < 1.29 is 9.18 Å². The first kappa shape index (κ1) is 16.0. The Morgan fingerprint density at radius 3 is 2.70 bits per heavy atom. The van der Waals surface area contributed by atoms with Crippen LogP contribution in [0, 0.1) is 5.82 Å². The molecule has 1 aliphatic rings. The number of aliphatic imine (C=N–C) groups is 1. The van der Waals surface area contributed by atoms with E-state index >= 15 is 0 Å². The lowest BCUT2D eigenvalue weighted by molar-refractivity contribution is 0.0856. The Kier molecular flexibility index (Phi) is 4.98. The highest BCUT2D eigenvalue weighted by atomic mass is 35.5. The maximum atomic E-state index is 13.8. The number of amidine groups is 1. The number of nitrogens with zero attached hydrogens (tertiary/aromatic N) is 2. The third kappa shape index (κ3) is 3.74. The van der Waals surface area contributed by atoms with Crippen LogP contribution in [0.15, 0.2) is 53.5 Å². The highest BCUT2D eigenvalue weighted by molar-refractivity contribution is 8.13. The Bertz CT molecular complexity index is 749. The van der Waals surface area contributed by atoms with Crippen LogP contribution in [-0.4, -0.2) is 29.1 Å². The summed E-state index contributed by atoms with van der Waals surface area (Å²) in [6.45, 7) is 1.03. The Morgan fingerprint density at radius 1 is 1.22 bits per heavy atom. The second kappa shape index (κ2) is 7.15. The molecule has 0 saturated heterocycles. The number of carbonyl (C=O) groups is 1. The quantitative estimate of drug-likeness (QED) is 0.831. The van der Waals surface area contributed by atoms with E-state index < -0.39 is 5.82 Å². The first-order valence-electron chi connectivity index (χ1n) is 7.13. The zero-order valence-electron chi connectivity index (χ0n) is 12.2. The van der Waals surface area contributed by atoms with Gasteiger partial charge in [0, 0.05) is 17.3 Å². The van der Waals surface area contributed by atoms with Gasteiger partial charge in [-0.25, -0.2) is 4.39 Å². The van der Waals surface area contributed by atoms with E-state index in [2.05, 4.69) is 4.99 Å². The topological polar surface area (TPSA) is 32.7 Å². The van der Waals surface area contributed by atoms with Crippen molar-refractivity contribution in [3.05, 3.63) is 70.5 Å². The van der Waals surface area contributed by atoms with E-state index in [4.69, 9.17) is 11.6 Å². The fourth-order valence-corrected chi connectivity index (χ4v) is 3.37. The number of carbonyl (C=O) groups excluding carboxylic acids is 1. The first-order chi connectivity index (χ1) is 11.1. The number of hydrogen-bond donors (Lipinski definition) is 0. The van der Waals surface area contributed by atoms with Crippen molar-refractivity contribution in [1.29, 1.82) is 0 Å². The molecular weight excluding hydrogens is 335 g/mol. The van der Waals surface area contributed by atoms with Gasteiger partial charge in [0.2, 0.25) is 0 Å². The Hall–Kier alpha value is -1.85. The maximum absolute atomic E-state index is 13.8. The van der Waals surface area contributed by atoms with Crippen LogP contribution in [0.1, 0.15) is 15.9 Å². The molecule has 0 aromatic heterocycles. The van der Waals surface area contributed by atoms with E-state index in [0.29, 0.717) is 29.0 Å². The minimum Gasteiger partial charge on any atom is -0.285 e. The minimum absolute atomic E-state index is 0.0780. The van der Waals surface area contributed by atoms with Crippen molar-refractivity contribution >= 4 is 34.4 Å². The number of rotatable bonds is 3. The third-order valence-electron chi connectivity index (χ3n) is 3.43. The molecule has 3 nitrogen and oxygen atoms in total. The van der Waals surface area contributed by atoms with E-state index in [-0.39, 0.29) is 11.5 Å². The number of thioether (sulfide) groups is 1. The summed E-state index contributed by atoms with van der Waals surface area (Å²) in [5.41, 5.74) is 1.17. The molecule has 0 spiro atoms. The molecule has 1 amide bonds. The standard InChI is InChI=1S/C17H14ClFN2OS/c18-13-7-5-12(6-8-13)11-23-17-20-9-10-21(17)16(22)14-3-1-2-4-15(14)19/h1-8H,9-11H2. The summed E-state index contributed by atoms with van der Waals surface area (Å²) < 4.78 is 13.8. The average molecular weight is 349 g/mol. The van der Waals surface area contributed by atoms with Gasteiger partial charge in [-0.15, -0.1) is 0 Å². The molecule has 2 aromatic carbocycles. The molecule has 6 heteroatoms. The Morgan fingerprint density at radius 2 is 1.96 bits per heavy atom. The van der Waals surface area contributed by atoms with Gasteiger partial charge < -0.3 is 0 Å². The van der Waals surface area contributed by atoms with Gasteiger partial charge in [0.1, 0.15) is 5.82 Å². The Balaban J connectivity index is 1.69. The zero-order valence-corrected chi connectivity index (χ0v) is 13.8. The summed E-state index contributed by atoms with van der Waals surface area (Å²) in [5.74, 6) is -0.175. The smallest absolute Gasteiger partial charge is 0.262 e. The molecule has 0 atom stereocenters. The largest absolute Gasteiger partial charge is 0.285 e. The van der Waals surface area contributed by atoms with Crippen LogP contribution >= 0.6 is 23.4 Å². The highest BCUT2D eigenvalue weighted by Gasteiger charge is 2.26. The summed E-state index contributed by atoms with van der Waals surface area (Å²) in [6.07, 6.45) is 0.